The van der Waals surface area contributed by atoms with Gasteiger partial charge < -0.3 is 11.1 Å². The van der Waals surface area contributed by atoms with Crippen LogP contribution in [0.5, 0.6) is 0 Å². The standard InChI is InChI=1S/C11H9Cl2N3/c12-7-3-1-4-8(10(7)13)16-9-5-2-6-15-11(9)14/h1-6,16H,(H2,14,15). The highest BCUT2D eigenvalue weighted by Crippen LogP contribution is 2.32. The van der Waals surface area contributed by atoms with E-state index >= 15 is 0 Å². The Kier molecular flexibility index (Phi) is 3.17. The number of anilines is 3. The molecule has 0 atom stereocenters. The van der Waals surface area contributed by atoms with E-state index in [2.05, 4.69) is 10.3 Å². The molecule has 3 nitrogen and oxygen atoms in total. The number of nitrogens with two attached hydrogens (primary N) is 1. The Hall–Kier alpha value is -1.45. The zero-order valence-electron chi connectivity index (χ0n) is 8.24. The summed E-state index contributed by atoms with van der Waals surface area (Å²) in [6, 6.07) is 8.96. The first-order valence-electron chi connectivity index (χ1n) is 4.60. The number of hydrogen-bond acceptors (Lipinski definition) is 3. The molecule has 1 heterocycles. The smallest absolute Gasteiger partial charge is 0.147 e. The van der Waals surface area contributed by atoms with E-state index in [0.29, 0.717) is 27.2 Å². The van der Waals surface area contributed by atoms with Crippen LogP contribution in [0.25, 0.3) is 0 Å². The van der Waals surface area contributed by atoms with Crippen molar-refractivity contribution in [3.05, 3.63) is 46.6 Å². The van der Waals surface area contributed by atoms with Gasteiger partial charge in [-0.3, -0.25) is 0 Å². The number of halogens is 2. The number of nitrogens with one attached hydrogen (secondary N) is 1. The van der Waals surface area contributed by atoms with Gasteiger partial charge in [0.1, 0.15) is 5.82 Å². The summed E-state index contributed by atoms with van der Waals surface area (Å²) in [4.78, 5) is 3.97. The monoisotopic (exact) mass is 253 g/mol. The molecule has 5 heteroatoms. The number of nitrogens with zero attached hydrogens (tertiary/aromatic N) is 1. The molecule has 82 valence electrons. The van der Waals surface area contributed by atoms with Crippen molar-refractivity contribution in [2.75, 3.05) is 11.1 Å². The third kappa shape index (κ3) is 2.21. The molecule has 16 heavy (non-hydrogen) atoms. The van der Waals surface area contributed by atoms with Crippen LogP contribution >= 0.6 is 23.2 Å². The van der Waals surface area contributed by atoms with Gasteiger partial charge in [0.15, 0.2) is 0 Å². The third-order valence-electron chi connectivity index (χ3n) is 2.06. The molecule has 0 aliphatic heterocycles. The molecule has 0 fully saturated rings. The van der Waals surface area contributed by atoms with Crippen molar-refractivity contribution >= 4 is 40.4 Å². The molecule has 2 aromatic rings. The summed E-state index contributed by atoms with van der Waals surface area (Å²) in [5.41, 5.74) is 7.11. The summed E-state index contributed by atoms with van der Waals surface area (Å²) >= 11 is 11.9. The fourth-order valence-corrected chi connectivity index (χ4v) is 1.62. The molecule has 0 saturated heterocycles. The number of nitrogen functional groups attached to an aromatic ring is 1. The van der Waals surface area contributed by atoms with Crippen LogP contribution < -0.4 is 11.1 Å². The Morgan fingerprint density at radius 2 is 1.81 bits per heavy atom. The van der Waals surface area contributed by atoms with E-state index in [9.17, 15) is 0 Å². The SMILES string of the molecule is Nc1ncccc1Nc1cccc(Cl)c1Cl. The number of hydrogen-bond donors (Lipinski definition) is 2. The fraction of sp³-hybridized carbons (Fsp3) is 0. The summed E-state index contributed by atoms with van der Waals surface area (Å²) in [6.07, 6.45) is 1.63. The Balaban J connectivity index is 2.35. The van der Waals surface area contributed by atoms with Gasteiger partial charge in [-0.1, -0.05) is 29.3 Å². The van der Waals surface area contributed by atoms with Crippen LogP contribution in [0.3, 0.4) is 0 Å². The molecular formula is C11H9Cl2N3. The van der Waals surface area contributed by atoms with Crippen LogP contribution in [-0.4, -0.2) is 4.98 Å². The number of pyridine rings is 1. The Morgan fingerprint density at radius 1 is 1.06 bits per heavy atom. The maximum absolute atomic E-state index is 6.04. The highest BCUT2D eigenvalue weighted by molar-refractivity contribution is 6.43. The minimum absolute atomic E-state index is 0.415. The minimum atomic E-state index is 0.415. The first-order chi connectivity index (χ1) is 7.68. The van der Waals surface area contributed by atoms with Crippen molar-refractivity contribution < 1.29 is 0 Å². The van der Waals surface area contributed by atoms with E-state index in [-0.39, 0.29) is 0 Å². The number of rotatable bonds is 2. The quantitative estimate of drug-likeness (QED) is 0.858. The van der Waals surface area contributed by atoms with Gasteiger partial charge in [0, 0.05) is 6.20 Å². The highest BCUT2D eigenvalue weighted by atomic mass is 35.5. The molecule has 0 radical (unpaired) electrons. The van der Waals surface area contributed by atoms with E-state index in [1.807, 2.05) is 18.2 Å². The summed E-state index contributed by atoms with van der Waals surface area (Å²) in [5.74, 6) is 0.415. The van der Waals surface area contributed by atoms with Gasteiger partial charge in [-0.15, -0.1) is 0 Å². The number of aromatic nitrogens is 1. The fourth-order valence-electron chi connectivity index (χ4n) is 1.27. The Morgan fingerprint density at radius 3 is 2.56 bits per heavy atom. The molecule has 1 aromatic heterocycles. The van der Waals surface area contributed by atoms with Crippen LogP contribution in [0.2, 0.25) is 10.0 Å². The summed E-state index contributed by atoms with van der Waals surface area (Å²) in [5, 5.41) is 4.04. The summed E-state index contributed by atoms with van der Waals surface area (Å²) in [6.45, 7) is 0. The van der Waals surface area contributed by atoms with E-state index in [1.165, 1.54) is 0 Å². The average molecular weight is 254 g/mol. The number of benzene rings is 1. The molecule has 3 N–H and O–H groups in total. The Labute approximate surface area is 103 Å². The minimum Gasteiger partial charge on any atom is -0.382 e. The summed E-state index contributed by atoms with van der Waals surface area (Å²) in [7, 11) is 0. The van der Waals surface area contributed by atoms with E-state index in [1.54, 1.807) is 18.3 Å². The normalized spacial score (nSPS) is 10.1. The van der Waals surface area contributed by atoms with Crippen LogP contribution in [0.1, 0.15) is 0 Å². The van der Waals surface area contributed by atoms with Crippen LogP contribution in [0.4, 0.5) is 17.2 Å². The van der Waals surface area contributed by atoms with Crippen LogP contribution in [-0.2, 0) is 0 Å². The van der Waals surface area contributed by atoms with Crippen molar-refractivity contribution in [1.82, 2.24) is 4.98 Å². The highest BCUT2D eigenvalue weighted by Gasteiger charge is 2.06. The zero-order chi connectivity index (χ0) is 11.5. The van der Waals surface area contributed by atoms with E-state index in [4.69, 9.17) is 28.9 Å². The molecule has 0 amide bonds. The van der Waals surface area contributed by atoms with Crippen molar-refractivity contribution in [3.8, 4) is 0 Å². The lowest BCUT2D eigenvalue weighted by Gasteiger charge is -2.10. The molecule has 0 saturated carbocycles. The maximum Gasteiger partial charge on any atom is 0.147 e. The van der Waals surface area contributed by atoms with Crippen LogP contribution in [0.15, 0.2) is 36.5 Å². The molecule has 0 aliphatic rings. The van der Waals surface area contributed by atoms with Gasteiger partial charge in [-0.05, 0) is 24.3 Å². The lowest BCUT2D eigenvalue weighted by atomic mass is 10.3. The molecule has 1 aromatic carbocycles. The topological polar surface area (TPSA) is 50.9 Å². The first-order valence-corrected chi connectivity index (χ1v) is 5.35. The lowest BCUT2D eigenvalue weighted by molar-refractivity contribution is 1.33. The molecular weight excluding hydrogens is 245 g/mol. The second-order valence-electron chi connectivity index (χ2n) is 3.16. The van der Waals surface area contributed by atoms with Gasteiger partial charge in [0.25, 0.3) is 0 Å². The first kappa shape index (κ1) is 11.0. The zero-order valence-corrected chi connectivity index (χ0v) is 9.76. The molecule has 0 unspecified atom stereocenters. The second kappa shape index (κ2) is 4.60. The largest absolute Gasteiger partial charge is 0.382 e. The molecule has 0 aliphatic carbocycles. The maximum atomic E-state index is 6.04. The van der Waals surface area contributed by atoms with Gasteiger partial charge in [-0.25, -0.2) is 4.98 Å². The van der Waals surface area contributed by atoms with Crippen LogP contribution in [0, 0.1) is 0 Å². The lowest BCUT2D eigenvalue weighted by Crippen LogP contribution is -1.98. The van der Waals surface area contributed by atoms with Crippen molar-refractivity contribution in [1.29, 1.82) is 0 Å². The predicted molar refractivity (Wildman–Crippen MR) is 68.4 cm³/mol. The van der Waals surface area contributed by atoms with Gasteiger partial charge in [0.05, 0.1) is 21.4 Å². The molecule has 0 bridgehead atoms. The van der Waals surface area contributed by atoms with Gasteiger partial charge in [0.2, 0.25) is 0 Å². The predicted octanol–water partition coefficient (Wildman–Crippen LogP) is 3.71. The van der Waals surface area contributed by atoms with Gasteiger partial charge in [-0.2, -0.15) is 0 Å². The van der Waals surface area contributed by atoms with Crippen molar-refractivity contribution in [2.45, 2.75) is 0 Å². The van der Waals surface area contributed by atoms with E-state index in [0.717, 1.165) is 0 Å². The van der Waals surface area contributed by atoms with E-state index < -0.39 is 0 Å². The average Bonchev–Trinajstić information content (AvgIpc) is 2.28. The Bertz CT molecular complexity index is 514. The van der Waals surface area contributed by atoms with Gasteiger partial charge >= 0.3 is 0 Å². The summed E-state index contributed by atoms with van der Waals surface area (Å²) < 4.78 is 0. The second-order valence-corrected chi connectivity index (χ2v) is 3.95. The van der Waals surface area contributed by atoms with Crippen molar-refractivity contribution in [3.63, 3.8) is 0 Å². The molecule has 2 rings (SSSR count). The van der Waals surface area contributed by atoms with Crippen molar-refractivity contribution in [2.24, 2.45) is 0 Å². The molecule has 0 spiro atoms. The third-order valence-corrected chi connectivity index (χ3v) is 2.88.